The summed E-state index contributed by atoms with van der Waals surface area (Å²) in [6.45, 7) is 6.95. The van der Waals surface area contributed by atoms with Crippen LogP contribution in [0.5, 0.6) is 5.75 Å². The molecule has 0 spiro atoms. The highest BCUT2D eigenvalue weighted by molar-refractivity contribution is 5.73. The van der Waals surface area contributed by atoms with Crippen molar-refractivity contribution >= 4 is 5.97 Å². The van der Waals surface area contributed by atoms with E-state index in [-0.39, 0.29) is 5.41 Å². The second-order valence-electron chi connectivity index (χ2n) is 5.64. The van der Waals surface area contributed by atoms with Crippen LogP contribution >= 0.6 is 0 Å². The third-order valence-corrected chi connectivity index (χ3v) is 2.37. The average molecular weight is 251 g/mol. The van der Waals surface area contributed by atoms with Crippen molar-refractivity contribution in [1.82, 2.24) is 0 Å². The lowest BCUT2D eigenvalue weighted by Gasteiger charge is -2.19. The number of carbonyl (C=O) groups is 1. The fraction of sp³-hybridized carbons (Fsp3) is 0.500. The van der Waals surface area contributed by atoms with Gasteiger partial charge in [-0.05, 0) is 29.5 Å². The smallest absolute Gasteiger partial charge is 0.320 e. The van der Waals surface area contributed by atoms with Gasteiger partial charge in [0.2, 0.25) is 0 Å². The molecule has 0 aliphatic rings. The molecule has 0 aromatic heterocycles. The Kier molecular flexibility index (Phi) is 4.73. The van der Waals surface area contributed by atoms with E-state index in [1.807, 2.05) is 24.3 Å². The zero-order valence-corrected chi connectivity index (χ0v) is 11.1. The molecule has 0 saturated carbocycles. The lowest BCUT2D eigenvalue weighted by molar-refractivity contribution is -0.138. The molecule has 1 unspecified atom stereocenters. The summed E-state index contributed by atoms with van der Waals surface area (Å²) in [6.07, 6.45) is 0.328. The van der Waals surface area contributed by atoms with Gasteiger partial charge in [-0.25, -0.2) is 0 Å². The molecule has 3 N–H and O–H groups in total. The lowest BCUT2D eigenvalue weighted by Crippen LogP contribution is -2.32. The monoisotopic (exact) mass is 251 g/mol. The summed E-state index contributed by atoms with van der Waals surface area (Å²) in [5, 5.41) is 8.72. The van der Waals surface area contributed by atoms with Crippen molar-refractivity contribution in [3.05, 3.63) is 29.8 Å². The minimum atomic E-state index is -0.983. The zero-order chi connectivity index (χ0) is 13.8. The summed E-state index contributed by atoms with van der Waals surface area (Å²) in [4.78, 5) is 10.6. The standard InChI is InChI=1S/C14H21NO3/c1-14(2,3)9-18-11-6-4-10(5-7-11)8-12(15)13(16)17/h4-7,12H,8-9,15H2,1-3H3,(H,16,17). The summed E-state index contributed by atoms with van der Waals surface area (Å²) in [7, 11) is 0. The Labute approximate surface area is 108 Å². The molecule has 0 heterocycles. The number of ether oxygens (including phenoxy) is 1. The summed E-state index contributed by atoms with van der Waals surface area (Å²) in [6, 6.07) is 6.53. The van der Waals surface area contributed by atoms with Crippen LogP contribution < -0.4 is 10.5 Å². The minimum Gasteiger partial charge on any atom is -0.493 e. The van der Waals surface area contributed by atoms with Gasteiger partial charge in [0.15, 0.2) is 0 Å². The maximum absolute atomic E-state index is 10.6. The Hall–Kier alpha value is -1.55. The van der Waals surface area contributed by atoms with E-state index < -0.39 is 12.0 Å². The SMILES string of the molecule is CC(C)(C)COc1ccc(CC(N)C(=O)O)cc1. The third-order valence-electron chi connectivity index (χ3n) is 2.37. The highest BCUT2D eigenvalue weighted by Crippen LogP contribution is 2.18. The Morgan fingerprint density at radius 1 is 1.33 bits per heavy atom. The first-order chi connectivity index (χ1) is 8.28. The van der Waals surface area contributed by atoms with E-state index in [4.69, 9.17) is 15.6 Å². The molecule has 0 saturated heterocycles. The van der Waals surface area contributed by atoms with Crippen molar-refractivity contribution in [2.45, 2.75) is 33.2 Å². The first-order valence-electron chi connectivity index (χ1n) is 5.98. The van der Waals surface area contributed by atoms with E-state index in [9.17, 15) is 4.79 Å². The number of nitrogens with two attached hydrogens (primary N) is 1. The molecule has 1 aromatic rings. The quantitative estimate of drug-likeness (QED) is 0.840. The molecular formula is C14H21NO3. The van der Waals surface area contributed by atoms with E-state index in [1.54, 1.807) is 0 Å². The van der Waals surface area contributed by atoms with Gasteiger partial charge in [0, 0.05) is 0 Å². The van der Waals surface area contributed by atoms with Gasteiger partial charge in [-0.15, -0.1) is 0 Å². The number of rotatable bonds is 5. The van der Waals surface area contributed by atoms with Gasteiger partial charge >= 0.3 is 5.97 Å². The lowest BCUT2D eigenvalue weighted by atomic mass is 9.99. The Bertz CT molecular complexity index is 392. The van der Waals surface area contributed by atoms with Crippen molar-refractivity contribution in [3.63, 3.8) is 0 Å². The van der Waals surface area contributed by atoms with Gasteiger partial charge < -0.3 is 15.6 Å². The van der Waals surface area contributed by atoms with E-state index >= 15 is 0 Å². The summed E-state index contributed by atoms with van der Waals surface area (Å²) < 4.78 is 5.63. The maximum Gasteiger partial charge on any atom is 0.320 e. The van der Waals surface area contributed by atoms with Gasteiger partial charge in [0.05, 0.1) is 6.61 Å². The van der Waals surface area contributed by atoms with Crippen LogP contribution in [0.3, 0.4) is 0 Å². The molecule has 0 radical (unpaired) electrons. The Balaban J connectivity index is 2.55. The van der Waals surface area contributed by atoms with Crippen LogP contribution in [-0.4, -0.2) is 23.7 Å². The highest BCUT2D eigenvalue weighted by atomic mass is 16.5. The zero-order valence-electron chi connectivity index (χ0n) is 11.1. The van der Waals surface area contributed by atoms with Crippen molar-refractivity contribution in [3.8, 4) is 5.75 Å². The first-order valence-corrected chi connectivity index (χ1v) is 5.98. The van der Waals surface area contributed by atoms with Gasteiger partial charge in [-0.2, -0.15) is 0 Å². The van der Waals surface area contributed by atoms with E-state index in [1.165, 1.54) is 0 Å². The molecule has 1 atom stereocenters. The molecule has 0 aliphatic heterocycles. The van der Waals surface area contributed by atoms with Gasteiger partial charge in [0.1, 0.15) is 11.8 Å². The fourth-order valence-corrected chi connectivity index (χ4v) is 1.36. The summed E-state index contributed by atoms with van der Waals surface area (Å²) in [5.41, 5.74) is 6.48. The third kappa shape index (κ3) is 5.19. The Morgan fingerprint density at radius 2 is 1.89 bits per heavy atom. The predicted octanol–water partition coefficient (Wildman–Crippen LogP) is 2.07. The van der Waals surface area contributed by atoms with Crippen molar-refractivity contribution in [2.75, 3.05) is 6.61 Å². The number of benzene rings is 1. The molecule has 0 fully saturated rings. The number of aliphatic carboxylic acids is 1. The first kappa shape index (κ1) is 14.5. The van der Waals surface area contributed by atoms with Crippen LogP contribution in [0.4, 0.5) is 0 Å². The predicted molar refractivity (Wildman–Crippen MR) is 70.7 cm³/mol. The number of carboxylic acid groups (broad SMARTS) is 1. The normalized spacial score (nSPS) is 13.1. The van der Waals surface area contributed by atoms with E-state index in [2.05, 4.69) is 20.8 Å². The number of hydrogen-bond acceptors (Lipinski definition) is 3. The van der Waals surface area contributed by atoms with Gasteiger partial charge in [-0.3, -0.25) is 4.79 Å². The van der Waals surface area contributed by atoms with Crippen molar-refractivity contribution < 1.29 is 14.6 Å². The molecule has 0 bridgehead atoms. The highest BCUT2D eigenvalue weighted by Gasteiger charge is 2.13. The van der Waals surface area contributed by atoms with Crippen LogP contribution in [0, 0.1) is 5.41 Å². The second-order valence-corrected chi connectivity index (χ2v) is 5.64. The van der Waals surface area contributed by atoms with Crippen molar-refractivity contribution in [2.24, 2.45) is 11.1 Å². The van der Waals surface area contributed by atoms with Gasteiger partial charge in [0.25, 0.3) is 0 Å². The average Bonchev–Trinajstić information content (AvgIpc) is 2.27. The second kappa shape index (κ2) is 5.87. The van der Waals surface area contributed by atoms with Crippen LogP contribution in [0.15, 0.2) is 24.3 Å². The number of carboxylic acids is 1. The van der Waals surface area contributed by atoms with Crippen molar-refractivity contribution in [1.29, 1.82) is 0 Å². The van der Waals surface area contributed by atoms with E-state index in [0.717, 1.165) is 11.3 Å². The number of hydrogen-bond donors (Lipinski definition) is 2. The largest absolute Gasteiger partial charge is 0.493 e. The molecule has 0 amide bonds. The van der Waals surface area contributed by atoms with E-state index in [0.29, 0.717) is 13.0 Å². The molecule has 18 heavy (non-hydrogen) atoms. The molecular weight excluding hydrogens is 230 g/mol. The molecule has 4 heteroatoms. The minimum absolute atomic E-state index is 0.115. The van der Waals surface area contributed by atoms with Crippen LogP contribution in [-0.2, 0) is 11.2 Å². The maximum atomic E-state index is 10.6. The summed E-state index contributed by atoms with van der Waals surface area (Å²) in [5.74, 6) is -0.194. The molecule has 1 rings (SSSR count). The fourth-order valence-electron chi connectivity index (χ4n) is 1.36. The van der Waals surface area contributed by atoms with Crippen LogP contribution in [0.1, 0.15) is 26.3 Å². The molecule has 0 aliphatic carbocycles. The Morgan fingerprint density at radius 3 is 2.33 bits per heavy atom. The van der Waals surface area contributed by atoms with Gasteiger partial charge in [-0.1, -0.05) is 32.9 Å². The van der Waals surface area contributed by atoms with Crippen LogP contribution in [0.25, 0.3) is 0 Å². The topological polar surface area (TPSA) is 72.5 Å². The van der Waals surface area contributed by atoms with Crippen LogP contribution in [0.2, 0.25) is 0 Å². The molecule has 4 nitrogen and oxygen atoms in total. The summed E-state index contributed by atoms with van der Waals surface area (Å²) >= 11 is 0. The molecule has 1 aromatic carbocycles. The molecule has 100 valence electrons.